The van der Waals surface area contributed by atoms with Crippen LogP contribution in [0.2, 0.25) is 0 Å². The number of nitro benzene ring substituents is 1. The summed E-state index contributed by atoms with van der Waals surface area (Å²) in [6, 6.07) is 12.2. The van der Waals surface area contributed by atoms with Crippen LogP contribution in [0.1, 0.15) is 0 Å². The third kappa shape index (κ3) is 5.50. The monoisotopic (exact) mass is 419 g/mol. The molecule has 0 unspecified atom stereocenters. The maximum Gasteiger partial charge on any atom is 0.269 e. The van der Waals surface area contributed by atoms with Gasteiger partial charge in [0.2, 0.25) is 15.9 Å². The highest BCUT2D eigenvalue weighted by Gasteiger charge is 2.20. The molecule has 1 saturated heterocycles. The zero-order valence-electron chi connectivity index (χ0n) is 15.5. The Morgan fingerprint density at radius 2 is 1.76 bits per heavy atom. The van der Waals surface area contributed by atoms with Crippen molar-refractivity contribution in [3.63, 3.8) is 0 Å². The standard InChI is InChI=1S/C18H21N5O5S/c19-29(27,28)17-3-1-2-14(12-17)20-18(24)13-21-8-10-22(11-9-21)15-4-6-16(7-5-15)23(25)26/h1-7,12H,8-11,13H2,(H,20,24)(H2,19,27,28). The van der Waals surface area contributed by atoms with E-state index >= 15 is 0 Å². The Labute approximate surface area is 168 Å². The van der Waals surface area contributed by atoms with E-state index in [0.717, 1.165) is 5.69 Å². The van der Waals surface area contributed by atoms with Gasteiger partial charge in [0.25, 0.3) is 5.69 Å². The number of sulfonamides is 1. The van der Waals surface area contributed by atoms with Crippen LogP contribution in [0.5, 0.6) is 0 Å². The molecule has 2 aromatic rings. The lowest BCUT2D eigenvalue weighted by Gasteiger charge is -2.35. The number of piperazine rings is 1. The minimum absolute atomic E-state index is 0.0514. The second-order valence-electron chi connectivity index (χ2n) is 6.66. The molecule has 1 aliphatic heterocycles. The fourth-order valence-corrected chi connectivity index (χ4v) is 3.66. The zero-order chi connectivity index (χ0) is 21.0. The SMILES string of the molecule is NS(=O)(=O)c1cccc(NC(=O)CN2CCN(c3ccc([N+](=O)[O-])cc3)CC2)c1. The molecular formula is C18H21N5O5S. The number of non-ortho nitro benzene ring substituents is 1. The van der Waals surface area contributed by atoms with E-state index in [4.69, 9.17) is 5.14 Å². The first-order valence-corrected chi connectivity index (χ1v) is 10.4. The summed E-state index contributed by atoms with van der Waals surface area (Å²) >= 11 is 0. The van der Waals surface area contributed by atoms with Crippen LogP contribution in [0.15, 0.2) is 53.4 Å². The number of rotatable bonds is 6. The molecule has 0 saturated carbocycles. The lowest BCUT2D eigenvalue weighted by Crippen LogP contribution is -2.48. The number of carbonyl (C=O) groups is 1. The quantitative estimate of drug-likeness (QED) is 0.526. The molecule has 1 heterocycles. The fourth-order valence-electron chi connectivity index (χ4n) is 3.10. The van der Waals surface area contributed by atoms with Crippen LogP contribution in [0, 0.1) is 10.1 Å². The van der Waals surface area contributed by atoms with Crippen molar-refractivity contribution in [1.29, 1.82) is 0 Å². The Kier molecular flexibility index (Phi) is 6.11. The first-order chi connectivity index (χ1) is 13.7. The molecule has 11 heteroatoms. The van der Waals surface area contributed by atoms with E-state index in [1.807, 2.05) is 4.90 Å². The molecule has 3 rings (SSSR count). The number of nitrogens with one attached hydrogen (secondary N) is 1. The molecule has 1 fully saturated rings. The Morgan fingerprint density at radius 1 is 1.10 bits per heavy atom. The van der Waals surface area contributed by atoms with Crippen LogP contribution in [-0.4, -0.2) is 56.9 Å². The van der Waals surface area contributed by atoms with Gasteiger partial charge in [-0.3, -0.25) is 19.8 Å². The molecule has 0 aromatic heterocycles. The van der Waals surface area contributed by atoms with E-state index in [1.165, 1.54) is 30.3 Å². The van der Waals surface area contributed by atoms with Gasteiger partial charge in [0, 0.05) is 49.7 Å². The molecule has 0 spiro atoms. The molecule has 0 aliphatic carbocycles. The fraction of sp³-hybridized carbons (Fsp3) is 0.278. The summed E-state index contributed by atoms with van der Waals surface area (Å²) in [5.41, 5.74) is 1.32. The minimum atomic E-state index is -3.83. The summed E-state index contributed by atoms with van der Waals surface area (Å²) in [6.07, 6.45) is 0. The van der Waals surface area contributed by atoms with Crippen molar-refractivity contribution in [3.8, 4) is 0 Å². The number of carbonyl (C=O) groups excluding carboxylic acids is 1. The van der Waals surface area contributed by atoms with E-state index in [-0.39, 0.29) is 23.0 Å². The largest absolute Gasteiger partial charge is 0.369 e. The number of anilines is 2. The summed E-state index contributed by atoms with van der Waals surface area (Å²) in [4.78, 5) is 26.6. The van der Waals surface area contributed by atoms with Gasteiger partial charge < -0.3 is 10.2 Å². The third-order valence-electron chi connectivity index (χ3n) is 4.61. The molecule has 1 amide bonds. The Balaban J connectivity index is 1.51. The maximum absolute atomic E-state index is 12.3. The number of amides is 1. The number of nitrogens with two attached hydrogens (primary N) is 1. The Bertz CT molecular complexity index is 1000. The van der Waals surface area contributed by atoms with E-state index in [0.29, 0.717) is 31.9 Å². The second-order valence-corrected chi connectivity index (χ2v) is 8.22. The lowest BCUT2D eigenvalue weighted by atomic mass is 10.2. The predicted octanol–water partition coefficient (Wildman–Crippen LogP) is 1.00. The first-order valence-electron chi connectivity index (χ1n) is 8.87. The molecule has 154 valence electrons. The van der Waals surface area contributed by atoms with Gasteiger partial charge in [-0.2, -0.15) is 0 Å². The van der Waals surface area contributed by atoms with Gasteiger partial charge in [-0.15, -0.1) is 0 Å². The summed E-state index contributed by atoms with van der Waals surface area (Å²) in [5.74, 6) is -0.250. The van der Waals surface area contributed by atoms with Gasteiger partial charge >= 0.3 is 0 Å². The smallest absolute Gasteiger partial charge is 0.269 e. The number of hydrogen-bond acceptors (Lipinski definition) is 7. The molecule has 10 nitrogen and oxygen atoms in total. The van der Waals surface area contributed by atoms with Crippen LogP contribution in [0.3, 0.4) is 0 Å². The molecule has 0 atom stereocenters. The summed E-state index contributed by atoms with van der Waals surface area (Å²) in [6.45, 7) is 2.86. The normalized spacial score (nSPS) is 15.1. The Morgan fingerprint density at radius 3 is 2.34 bits per heavy atom. The minimum Gasteiger partial charge on any atom is -0.369 e. The van der Waals surface area contributed by atoms with Gasteiger partial charge in [0.1, 0.15) is 0 Å². The van der Waals surface area contributed by atoms with Crippen LogP contribution in [0.4, 0.5) is 17.1 Å². The van der Waals surface area contributed by atoms with Gasteiger partial charge in [-0.05, 0) is 30.3 Å². The molecule has 0 radical (unpaired) electrons. The van der Waals surface area contributed by atoms with Gasteiger partial charge in [-0.1, -0.05) is 6.07 Å². The van der Waals surface area contributed by atoms with Crippen molar-refractivity contribution in [2.45, 2.75) is 4.90 Å². The van der Waals surface area contributed by atoms with Crippen molar-refractivity contribution in [2.75, 3.05) is 42.9 Å². The summed E-state index contributed by atoms with van der Waals surface area (Å²) in [5, 5.41) is 18.5. The highest BCUT2D eigenvalue weighted by molar-refractivity contribution is 7.89. The lowest BCUT2D eigenvalue weighted by molar-refractivity contribution is -0.384. The van der Waals surface area contributed by atoms with Gasteiger partial charge in [0.05, 0.1) is 16.4 Å². The van der Waals surface area contributed by atoms with Crippen LogP contribution >= 0.6 is 0 Å². The molecule has 3 N–H and O–H groups in total. The van der Waals surface area contributed by atoms with Gasteiger partial charge in [0.15, 0.2) is 0 Å². The number of nitrogens with zero attached hydrogens (tertiary/aromatic N) is 3. The molecule has 1 aliphatic rings. The van der Waals surface area contributed by atoms with E-state index in [2.05, 4.69) is 10.2 Å². The number of nitro groups is 1. The first kappa shape index (κ1) is 20.7. The van der Waals surface area contributed by atoms with Crippen LogP contribution < -0.4 is 15.4 Å². The Hall–Kier alpha value is -3.02. The number of primary sulfonamides is 1. The van der Waals surface area contributed by atoms with Crippen LogP contribution in [-0.2, 0) is 14.8 Å². The van der Waals surface area contributed by atoms with E-state index < -0.39 is 14.9 Å². The predicted molar refractivity (Wildman–Crippen MR) is 108 cm³/mol. The van der Waals surface area contributed by atoms with Crippen molar-refractivity contribution in [2.24, 2.45) is 5.14 Å². The van der Waals surface area contributed by atoms with Crippen molar-refractivity contribution in [3.05, 3.63) is 58.6 Å². The topological polar surface area (TPSA) is 139 Å². The summed E-state index contributed by atoms with van der Waals surface area (Å²) in [7, 11) is -3.83. The maximum atomic E-state index is 12.3. The molecule has 29 heavy (non-hydrogen) atoms. The third-order valence-corrected chi connectivity index (χ3v) is 5.52. The zero-order valence-corrected chi connectivity index (χ0v) is 16.3. The highest BCUT2D eigenvalue weighted by Crippen LogP contribution is 2.20. The average molecular weight is 419 g/mol. The van der Waals surface area contributed by atoms with Crippen molar-refractivity contribution < 1.29 is 18.1 Å². The van der Waals surface area contributed by atoms with Crippen LogP contribution in [0.25, 0.3) is 0 Å². The molecule has 0 bridgehead atoms. The molecule has 2 aromatic carbocycles. The number of hydrogen-bond donors (Lipinski definition) is 2. The van der Waals surface area contributed by atoms with E-state index in [9.17, 15) is 23.3 Å². The molecular weight excluding hydrogens is 398 g/mol. The van der Waals surface area contributed by atoms with E-state index in [1.54, 1.807) is 18.2 Å². The van der Waals surface area contributed by atoms with Crippen molar-refractivity contribution >= 4 is 33.0 Å². The number of benzene rings is 2. The van der Waals surface area contributed by atoms with Crippen molar-refractivity contribution in [1.82, 2.24) is 4.90 Å². The summed E-state index contributed by atoms with van der Waals surface area (Å²) < 4.78 is 22.8. The average Bonchev–Trinajstić information content (AvgIpc) is 2.68. The van der Waals surface area contributed by atoms with Gasteiger partial charge in [-0.25, -0.2) is 13.6 Å². The second kappa shape index (κ2) is 8.55. The highest BCUT2D eigenvalue weighted by atomic mass is 32.2.